The highest BCUT2D eigenvalue weighted by molar-refractivity contribution is 7.99. The molecule has 9 heteroatoms. The summed E-state index contributed by atoms with van der Waals surface area (Å²) in [6, 6.07) is 11.4. The lowest BCUT2D eigenvalue weighted by molar-refractivity contribution is 0.465. The summed E-state index contributed by atoms with van der Waals surface area (Å²) in [5.41, 5.74) is 2.87. The molecule has 0 saturated heterocycles. The van der Waals surface area contributed by atoms with Crippen LogP contribution in [0.2, 0.25) is 5.02 Å². The third-order valence-corrected chi connectivity index (χ3v) is 5.97. The Bertz CT molecular complexity index is 1250. The molecule has 136 valence electrons. The third kappa shape index (κ3) is 3.26. The van der Waals surface area contributed by atoms with Crippen LogP contribution < -0.4 is 0 Å². The smallest absolute Gasteiger partial charge is 0.283 e. The van der Waals surface area contributed by atoms with Gasteiger partial charge in [-0.1, -0.05) is 23.7 Å². The van der Waals surface area contributed by atoms with Crippen LogP contribution in [0.4, 0.5) is 0 Å². The van der Waals surface area contributed by atoms with Crippen molar-refractivity contribution in [2.75, 3.05) is 0 Å². The van der Waals surface area contributed by atoms with Crippen LogP contribution in [0.5, 0.6) is 0 Å². The Kier molecular flexibility index (Phi) is 4.52. The first kappa shape index (κ1) is 17.3. The first-order chi connectivity index (χ1) is 13.8. The van der Waals surface area contributed by atoms with Crippen molar-refractivity contribution < 1.29 is 4.42 Å². The fourth-order valence-corrected chi connectivity index (χ4v) is 4.59. The van der Waals surface area contributed by atoms with E-state index in [2.05, 4.69) is 30.5 Å². The van der Waals surface area contributed by atoms with Crippen LogP contribution in [-0.4, -0.2) is 25.1 Å². The van der Waals surface area contributed by atoms with E-state index < -0.39 is 0 Å². The van der Waals surface area contributed by atoms with Gasteiger partial charge in [-0.2, -0.15) is 0 Å². The molecule has 0 amide bonds. The molecule has 0 aliphatic heterocycles. The van der Waals surface area contributed by atoms with Crippen molar-refractivity contribution in [3.05, 3.63) is 65.5 Å². The van der Waals surface area contributed by atoms with E-state index in [-0.39, 0.29) is 0 Å². The van der Waals surface area contributed by atoms with Crippen LogP contribution in [0.25, 0.3) is 32.8 Å². The number of halogens is 1. The molecule has 6 nitrogen and oxygen atoms in total. The molecule has 0 spiro atoms. The molecular formula is C19H10ClN5OS2. The SMILES string of the molecule is Clc1ccc(-c2csc3ncnc(Sc4nnc(-c5cccnc5)o4)c23)cc1. The second kappa shape index (κ2) is 7.31. The first-order valence-electron chi connectivity index (χ1n) is 8.18. The number of rotatable bonds is 4. The molecule has 0 unspecified atom stereocenters. The molecule has 0 N–H and O–H groups in total. The predicted molar refractivity (Wildman–Crippen MR) is 110 cm³/mol. The zero-order chi connectivity index (χ0) is 18.9. The van der Waals surface area contributed by atoms with Crippen molar-refractivity contribution in [3.8, 4) is 22.6 Å². The number of hydrogen-bond donors (Lipinski definition) is 0. The van der Waals surface area contributed by atoms with E-state index in [0.29, 0.717) is 16.1 Å². The van der Waals surface area contributed by atoms with E-state index in [9.17, 15) is 0 Å². The summed E-state index contributed by atoms with van der Waals surface area (Å²) in [5.74, 6) is 0.421. The molecule has 0 fully saturated rings. The highest BCUT2D eigenvalue weighted by atomic mass is 35.5. The van der Waals surface area contributed by atoms with Gasteiger partial charge in [-0.15, -0.1) is 21.5 Å². The Morgan fingerprint density at radius 2 is 1.89 bits per heavy atom. The van der Waals surface area contributed by atoms with E-state index in [1.54, 1.807) is 30.1 Å². The summed E-state index contributed by atoms with van der Waals surface area (Å²) in [6.07, 6.45) is 4.93. The summed E-state index contributed by atoms with van der Waals surface area (Å²) in [5, 5.41) is 13.1. The Labute approximate surface area is 172 Å². The minimum absolute atomic E-state index is 0.409. The van der Waals surface area contributed by atoms with Crippen LogP contribution in [0.15, 0.2) is 75.2 Å². The number of pyridine rings is 1. The summed E-state index contributed by atoms with van der Waals surface area (Å²) in [7, 11) is 0. The molecule has 4 aromatic heterocycles. The van der Waals surface area contributed by atoms with Crippen LogP contribution in [0.1, 0.15) is 0 Å². The minimum Gasteiger partial charge on any atom is -0.411 e. The average molecular weight is 424 g/mol. The van der Waals surface area contributed by atoms with Gasteiger partial charge in [0.25, 0.3) is 5.22 Å². The molecule has 0 radical (unpaired) electrons. The van der Waals surface area contributed by atoms with Crippen LogP contribution in [0, 0.1) is 0 Å². The molecule has 0 saturated carbocycles. The van der Waals surface area contributed by atoms with Gasteiger partial charge < -0.3 is 4.42 Å². The zero-order valence-corrected chi connectivity index (χ0v) is 16.5. The quantitative estimate of drug-likeness (QED) is 0.348. The molecule has 1 aromatic carbocycles. The predicted octanol–water partition coefficient (Wildman–Crippen LogP) is 5.61. The number of hydrogen-bond acceptors (Lipinski definition) is 8. The minimum atomic E-state index is 0.409. The second-order valence-corrected chi connectivity index (χ2v) is 7.97. The van der Waals surface area contributed by atoms with Gasteiger partial charge in [0.1, 0.15) is 16.2 Å². The van der Waals surface area contributed by atoms with E-state index in [0.717, 1.165) is 31.9 Å². The van der Waals surface area contributed by atoms with Gasteiger partial charge in [0, 0.05) is 28.4 Å². The Hall–Kier alpha value is -2.81. The van der Waals surface area contributed by atoms with Crippen molar-refractivity contribution in [2.24, 2.45) is 0 Å². The molecule has 0 bridgehead atoms. The lowest BCUT2D eigenvalue weighted by Crippen LogP contribution is -1.86. The highest BCUT2D eigenvalue weighted by Crippen LogP contribution is 2.40. The fourth-order valence-electron chi connectivity index (χ4n) is 2.71. The average Bonchev–Trinajstić information content (AvgIpc) is 3.37. The summed E-state index contributed by atoms with van der Waals surface area (Å²) < 4.78 is 5.79. The largest absolute Gasteiger partial charge is 0.411 e. The van der Waals surface area contributed by atoms with Crippen molar-refractivity contribution in [2.45, 2.75) is 10.2 Å². The first-order valence-corrected chi connectivity index (χ1v) is 10.3. The highest BCUT2D eigenvalue weighted by Gasteiger charge is 2.17. The van der Waals surface area contributed by atoms with Gasteiger partial charge in [0.05, 0.1) is 10.9 Å². The van der Waals surface area contributed by atoms with Gasteiger partial charge >= 0.3 is 0 Å². The standard InChI is InChI=1S/C19H10ClN5OS2/c20-13-5-3-11(4-6-13)14-9-27-17-15(14)18(23-10-22-17)28-19-25-24-16(26-19)12-2-1-7-21-8-12/h1-10H. The van der Waals surface area contributed by atoms with Crippen molar-refractivity contribution >= 4 is 44.9 Å². The number of aromatic nitrogens is 5. The van der Waals surface area contributed by atoms with Crippen molar-refractivity contribution in [3.63, 3.8) is 0 Å². The van der Waals surface area contributed by atoms with E-state index in [1.165, 1.54) is 11.8 Å². The second-order valence-electron chi connectivity index (χ2n) is 5.73. The normalized spacial score (nSPS) is 11.2. The van der Waals surface area contributed by atoms with Crippen LogP contribution in [-0.2, 0) is 0 Å². The molecule has 0 aliphatic carbocycles. The van der Waals surface area contributed by atoms with Crippen LogP contribution >= 0.6 is 34.7 Å². The Morgan fingerprint density at radius 1 is 1.00 bits per heavy atom. The summed E-state index contributed by atoms with van der Waals surface area (Å²) in [4.78, 5) is 13.8. The monoisotopic (exact) mass is 423 g/mol. The molecule has 0 aliphatic rings. The number of fused-ring (bicyclic) bond motifs is 1. The molecule has 28 heavy (non-hydrogen) atoms. The summed E-state index contributed by atoms with van der Waals surface area (Å²) >= 11 is 8.91. The third-order valence-electron chi connectivity index (χ3n) is 3.99. The van der Waals surface area contributed by atoms with E-state index in [1.807, 2.05) is 36.4 Å². The molecular weight excluding hydrogens is 414 g/mol. The van der Waals surface area contributed by atoms with Crippen molar-refractivity contribution in [1.29, 1.82) is 0 Å². The van der Waals surface area contributed by atoms with E-state index in [4.69, 9.17) is 16.0 Å². The van der Waals surface area contributed by atoms with Gasteiger partial charge in [-0.3, -0.25) is 4.98 Å². The fraction of sp³-hybridized carbons (Fsp3) is 0. The van der Waals surface area contributed by atoms with Gasteiger partial charge in [-0.25, -0.2) is 9.97 Å². The summed E-state index contributed by atoms with van der Waals surface area (Å²) in [6.45, 7) is 0. The lowest BCUT2D eigenvalue weighted by Gasteiger charge is -2.03. The molecule has 0 atom stereocenters. The molecule has 5 rings (SSSR count). The molecule has 5 aromatic rings. The van der Waals surface area contributed by atoms with Gasteiger partial charge in [-0.05, 0) is 41.6 Å². The number of thiophene rings is 1. The zero-order valence-electron chi connectivity index (χ0n) is 14.1. The maximum atomic E-state index is 6.02. The van der Waals surface area contributed by atoms with Gasteiger partial charge in [0.15, 0.2) is 0 Å². The maximum absolute atomic E-state index is 6.02. The van der Waals surface area contributed by atoms with Crippen LogP contribution in [0.3, 0.4) is 0 Å². The van der Waals surface area contributed by atoms with Crippen molar-refractivity contribution in [1.82, 2.24) is 25.1 Å². The maximum Gasteiger partial charge on any atom is 0.283 e. The number of benzene rings is 1. The Balaban J connectivity index is 1.54. The topological polar surface area (TPSA) is 77.6 Å². The lowest BCUT2D eigenvalue weighted by atomic mass is 10.1. The van der Waals surface area contributed by atoms with Gasteiger partial charge in [0.2, 0.25) is 5.89 Å². The van der Waals surface area contributed by atoms with E-state index >= 15 is 0 Å². The Morgan fingerprint density at radius 3 is 2.71 bits per heavy atom. The number of nitrogens with zero attached hydrogens (tertiary/aromatic N) is 5. The molecule has 4 heterocycles.